The Morgan fingerprint density at radius 1 is 1.54 bits per heavy atom. The molecule has 0 fully saturated rings. The molecule has 0 saturated heterocycles. The zero-order valence-electron chi connectivity index (χ0n) is 7.72. The summed E-state index contributed by atoms with van der Waals surface area (Å²) in [4.78, 5) is 10.4. The Balaban J connectivity index is -0.000000101. The van der Waals surface area contributed by atoms with Gasteiger partial charge in [-0.1, -0.05) is 0 Å². The maximum Gasteiger partial charge on any atom is 0.102 e. The molecule has 0 aromatic carbocycles. The first-order valence-electron chi connectivity index (χ1n) is 2.34. The summed E-state index contributed by atoms with van der Waals surface area (Å²) in [6.07, 6.45) is 2.03. The van der Waals surface area contributed by atoms with Crippen LogP contribution < -0.4 is 0 Å². The van der Waals surface area contributed by atoms with Gasteiger partial charge >= 0.3 is 0 Å². The Kier molecular flexibility index (Phi) is 19.3. The molecule has 0 atom stereocenters. The van der Waals surface area contributed by atoms with Crippen molar-refractivity contribution >= 4 is 5.78 Å². The molecule has 1 heterocycles. The van der Waals surface area contributed by atoms with E-state index in [1.807, 2.05) is 6.20 Å². The molecule has 73 valence electrons. The molecule has 0 bridgehead atoms. The van der Waals surface area contributed by atoms with Gasteiger partial charge in [-0.15, -0.1) is 6.20 Å². The van der Waals surface area contributed by atoms with Gasteiger partial charge in [-0.2, -0.15) is 0 Å². The van der Waals surface area contributed by atoms with Crippen molar-refractivity contribution in [1.82, 2.24) is 10.2 Å². The predicted molar refractivity (Wildman–Crippen MR) is 40.2 cm³/mol. The average Bonchev–Trinajstić information content (AvgIpc) is 2.13. The Bertz CT molecular complexity index is 242. The van der Waals surface area contributed by atoms with Gasteiger partial charge in [-0.3, -0.25) is 5.10 Å². The number of hydrogen-bond donors (Lipinski definition) is 1. The summed E-state index contributed by atoms with van der Waals surface area (Å²) in [5.41, 5.74) is -0.185. The molecule has 0 amide bonds. The van der Waals surface area contributed by atoms with Gasteiger partial charge in [0.2, 0.25) is 0 Å². The van der Waals surface area contributed by atoms with Crippen LogP contribution >= 0.6 is 0 Å². The summed E-state index contributed by atoms with van der Waals surface area (Å²) in [7, 11) is 0. The fourth-order valence-corrected chi connectivity index (χ4v) is 0.474. The molecule has 1 aromatic heterocycles. The topological polar surface area (TPSA) is 45.8 Å². The minimum Gasteiger partial charge on any atom is -0.387 e. The molecule has 13 heavy (non-hydrogen) atoms. The molecule has 1 radical (unpaired) electrons. The van der Waals surface area contributed by atoms with Crippen molar-refractivity contribution in [1.29, 1.82) is 0 Å². The van der Waals surface area contributed by atoms with Gasteiger partial charge in [0.05, 0.1) is 0 Å². The number of carbonyl (C=O) groups is 1. The number of rotatable bonds is 1. The van der Waals surface area contributed by atoms with Gasteiger partial charge in [0.15, 0.2) is 0 Å². The Hall–Kier alpha value is 0.602. The summed E-state index contributed by atoms with van der Waals surface area (Å²) in [6, 6.07) is 0. The number of nitrogens with one attached hydrogen (secondary N) is 1. The quantitative estimate of drug-likeness (QED) is 0.542. The number of Topliss-reactive ketones (excluding diaryl/α,β-unsaturated/α-hetero) is 1. The van der Waals surface area contributed by atoms with Crippen LogP contribution in [0.1, 0.15) is 17.4 Å². The van der Waals surface area contributed by atoms with E-state index in [1.165, 1.54) is 6.92 Å². The van der Waals surface area contributed by atoms with E-state index in [1.54, 1.807) is 0 Å². The number of ketones is 1. The summed E-state index contributed by atoms with van der Waals surface area (Å²) < 4.78 is 12.2. The summed E-state index contributed by atoms with van der Waals surface area (Å²) in [6.45, 7) is 1.24. The third kappa shape index (κ3) is 6.64. The molecular weight excluding hydrogens is 420 g/mol. The minimum absolute atomic E-state index is 0. The number of carbonyl (C=O) groups excluding carboxylic acids is 1. The molecule has 1 rings (SSSR count). The van der Waals surface area contributed by atoms with Crippen LogP contribution in [0, 0.1) is 26.9 Å². The Labute approximate surface area is 117 Å². The van der Waals surface area contributed by atoms with Crippen molar-refractivity contribution in [3.8, 4) is 0 Å². The van der Waals surface area contributed by atoms with Gasteiger partial charge in [0.1, 0.15) is 5.78 Å². The second-order valence-corrected chi connectivity index (χ2v) is 1.57. The first-order valence-corrected chi connectivity index (χ1v) is 2.34. The van der Waals surface area contributed by atoms with Crippen LogP contribution in [0.3, 0.4) is 0 Å². The van der Waals surface area contributed by atoms with Crippen LogP contribution in [-0.2, 0) is 53.8 Å². The zero-order valence-corrected chi connectivity index (χ0v) is 13.5. The standard InChI is InChI=1S/C5H4FN2O.2CH3.W.Y/c1-3(9)5-4(6)2-7-8-5;;;;/h1H3,(H,7,8);2*1H3;;/q3*-1;;. The van der Waals surface area contributed by atoms with Crippen LogP contribution in [0.4, 0.5) is 4.39 Å². The first-order chi connectivity index (χ1) is 4.22. The Morgan fingerprint density at radius 3 is 2.15 bits per heavy atom. The molecule has 0 unspecified atom stereocenters. The van der Waals surface area contributed by atoms with E-state index in [9.17, 15) is 9.18 Å². The Morgan fingerprint density at radius 2 is 2.00 bits per heavy atom. The largest absolute Gasteiger partial charge is 0.387 e. The van der Waals surface area contributed by atoms with E-state index in [-0.39, 0.29) is 74.3 Å². The van der Waals surface area contributed by atoms with Crippen LogP contribution in [0.25, 0.3) is 0 Å². The third-order valence-electron chi connectivity index (χ3n) is 0.875. The predicted octanol–water partition coefficient (Wildman–Crippen LogP) is 1.45. The van der Waals surface area contributed by atoms with E-state index < -0.39 is 11.6 Å². The minimum atomic E-state index is -0.720. The average molecular weight is 430 g/mol. The fraction of sp³-hybridized carbons (Fsp3) is 0.143. The van der Waals surface area contributed by atoms with Crippen LogP contribution in [0.15, 0.2) is 0 Å². The monoisotopic (exact) mass is 430 g/mol. The molecule has 0 saturated carbocycles. The third-order valence-corrected chi connectivity index (χ3v) is 0.875. The summed E-state index contributed by atoms with van der Waals surface area (Å²) in [5.74, 6) is -1.12. The number of nitrogens with zero attached hydrogens (tertiary/aromatic N) is 1. The second kappa shape index (κ2) is 10.7. The molecule has 1 aromatic rings. The fourth-order valence-electron chi connectivity index (χ4n) is 0.474. The van der Waals surface area contributed by atoms with E-state index in [0.29, 0.717) is 0 Å². The maximum atomic E-state index is 12.2. The van der Waals surface area contributed by atoms with Gasteiger partial charge in [0.25, 0.3) is 0 Å². The molecular formula is C7H10FN2OWY-3. The summed E-state index contributed by atoms with van der Waals surface area (Å²) >= 11 is 0. The number of H-pyrrole nitrogens is 1. The number of aromatic amines is 1. The van der Waals surface area contributed by atoms with Gasteiger partial charge in [0, 0.05) is 65.3 Å². The normalized spacial score (nSPS) is 6.62. The molecule has 0 aliphatic rings. The SMILES string of the molecule is CC(=O)c1n[nH][c-]c1F.[CH3-].[CH3-].[W].[Y]. The van der Waals surface area contributed by atoms with Gasteiger partial charge in [-0.05, 0) is 6.92 Å². The molecule has 1 N–H and O–H groups in total. The molecule has 6 heteroatoms. The van der Waals surface area contributed by atoms with Crippen molar-refractivity contribution in [3.63, 3.8) is 0 Å². The second-order valence-electron chi connectivity index (χ2n) is 1.57. The van der Waals surface area contributed by atoms with Gasteiger partial charge in [-0.25, -0.2) is 4.39 Å². The van der Waals surface area contributed by atoms with E-state index in [0.717, 1.165) is 0 Å². The zero-order chi connectivity index (χ0) is 6.85. The molecule has 0 aliphatic carbocycles. The number of aromatic nitrogens is 2. The maximum absolute atomic E-state index is 12.2. The van der Waals surface area contributed by atoms with E-state index in [4.69, 9.17) is 0 Å². The van der Waals surface area contributed by atoms with Crippen molar-refractivity contribution in [2.45, 2.75) is 6.92 Å². The van der Waals surface area contributed by atoms with Gasteiger partial charge < -0.3 is 24.7 Å². The molecule has 0 aliphatic heterocycles. The summed E-state index contributed by atoms with van der Waals surface area (Å²) in [5, 5.41) is 5.42. The van der Waals surface area contributed by atoms with E-state index in [2.05, 4.69) is 10.2 Å². The molecule has 0 spiro atoms. The van der Waals surface area contributed by atoms with Crippen LogP contribution in [0.5, 0.6) is 0 Å². The number of hydrogen-bond acceptors (Lipinski definition) is 2. The first kappa shape index (κ1) is 23.4. The van der Waals surface area contributed by atoms with Crippen LogP contribution in [0.2, 0.25) is 0 Å². The van der Waals surface area contributed by atoms with Crippen molar-refractivity contribution < 1.29 is 63.0 Å². The molecule has 3 nitrogen and oxygen atoms in total. The van der Waals surface area contributed by atoms with Crippen molar-refractivity contribution in [2.75, 3.05) is 0 Å². The van der Waals surface area contributed by atoms with Crippen molar-refractivity contribution in [2.24, 2.45) is 0 Å². The van der Waals surface area contributed by atoms with E-state index >= 15 is 0 Å². The van der Waals surface area contributed by atoms with Crippen molar-refractivity contribution in [3.05, 3.63) is 32.6 Å². The van der Waals surface area contributed by atoms with Crippen LogP contribution in [-0.4, -0.2) is 16.0 Å². The smallest absolute Gasteiger partial charge is 0.102 e. The number of halogens is 1.